The van der Waals surface area contributed by atoms with E-state index in [1.807, 2.05) is 6.07 Å². The Morgan fingerprint density at radius 2 is 2.37 bits per heavy atom. The van der Waals surface area contributed by atoms with Crippen molar-refractivity contribution < 1.29 is 4.39 Å². The highest BCUT2D eigenvalue weighted by Gasteiger charge is 2.08. The van der Waals surface area contributed by atoms with E-state index in [9.17, 15) is 4.39 Å². The highest BCUT2D eigenvalue weighted by atomic mass is 79.9. The fourth-order valence-electron chi connectivity index (χ4n) is 1.38. The molecule has 0 atom stereocenters. The number of aromatic nitrogens is 4. The number of anilines is 1. The minimum Gasteiger partial charge on any atom is -0.360 e. The number of nitrogens with zero attached hydrogens (tertiary/aromatic N) is 4. The second-order valence-corrected chi connectivity index (χ2v) is 4.38. The zero-order valence-electron chi connectivity index (χ0n) is 9.78. The van der Waals surface area contributed by atoms with Crippen LogP contribution in [-0.2, 0) is 0 Å². The molecule has 1 aromatic heterocycles. The number of benzene rings is 1. The smallest absolute Gasteiger partial charge is 0.216 e. The number of rotatable bonds is 3. The van der Waals surface area contributed by atoms with Gasteiger partial charge in [-0.3, -0.25) is 0 Å². The van der Waals surface area contributed by atoms with Crippen LogP contribution in [0, 0.1) is 24.1 Å². The summed E-state index contributed by atoms with van der Waals surface area (Å²) in [7, 11) is 0. The zero-order valence-corrected chi connectivity index (χ0v) is 11.4. The Balaban J connectivity index is 2.28. The van der Waals surface area contributed by atoms with Gasteiger partial charge in [0.25, 0.3) is 0 Å². The van der Waals surface area contributed by atoms with Gasteiger partial charge in [-0.2, -0.15) is 10.5 Å². The third-order valence-electron chi connectivity index (χ3n) is 2.42. The van der Waals surface area contributed by atoms with Crippen LogP contribution in [0.15, 0.2) is 22.8 Å². The maximum atomic E-state index is 13.3. The number of allylic oxidation sites excluding steroid dienone is 1. The summed E-state index contributed by atoms with van der Waals surface area (Å²) in [5, 5.41) is 25.0. The number of halogens is 2. The molecular weight excluding hydrogens is 315 g/mol. The second-order valence-electron chi connectivity index (χ2n) is 3.58. The van der Waals surface area contributed by atoms with E-state index in [1.54, 1.807) is 13.0 Å². The molecule has 0 radical (unpaired) electrons. The van der Waals surface area contributed by atoms with E-state index >= 15 is 0 Å². The summed E-state index contributed by atoms with van der Waals surface area (Å²) in [6.07, 6.45) is 1.44. The molecule has 0 saturated carbocycles. The lowest BCUT2D eigenvalue weighted by Gasteiger charge is -2.08. The molecule has 19 heavy (non-hydrogen) atoms. The Morgan fingerprint density at radius 3 is 3.00 bits per heavy atom. The first-order chi connectivity index (χ1) is 9.13. The number of hydrogen-bond donors (Lipinski definition) is 2. The molecule has 0 amide bonds. The van der Waals surface area contributed by atoms with Gasteiger partial charge in [0.1, 0.15) is 17.5 Å². The maximum absolute atomic E-state index is 13.3. The largest absolute Gasteiger partial charge is 0.360 e. The minimum atomic E-state index is -0.342. The minimum absolute atomic E-state index is 0.189. The summed E-state index contributed by atoms with van der Waals surface area (Å²) in [5.74, 6) is -0.153. The van der Waals surface area contributed by atoms with Crippen molar-refractivity contribution in [2.24, 2.45) is 0 Å². The Hall–Kier alpha value is -2.27. The van der Waals surface area contributed by atoms with Crippen LogP contribution in [-0.4, -0.2) is 20.6 Å². The van der Waals surface area contributed by atoms with Gasteiger partial charge in [0, 0.05) is 11.9 Å². The predicted octanol–water partition coefficient (Wildman–Crippen LogP) is 2.39. The van der Waals surface area contributed by atoms with Gasteiger partial charge in [-0.25, -0.2) is 4.39 Å². The third kappa shape index (κ3) is 2.77. The molecule has 96 valence electrons. The van der Waals surface area contributed by atoms with Gasteiger partial charge < -0.3 is 5.32 Å². The first-order valence-electron chi connectivity index (χ1n) is 5.18. The number of aromatic amines is 1. The fourth-order valence-corrected chi connectivity index (χ4v) is 1.73. The molecule has 6 nitrogen and oxygen atoms in total. The topological polar surface area (TPSA) is 90.3 Å². The predicted molar refractivity (Wildman–Crippen MR) is 70.2 cm³/mol. The van der Waals surface area contributed by atoms with Gasteiger partial charge in [-0.05, 0) is 45.8 Å². The Bertz CT molecular complexity index is 659. The quantitative estimate of drug-likeness (QED) is 0.847. The zero-order chi connectivity index (χ0) is 13.8. The normalized spacial score (nSPS) is 11.2. The summed E-state index contributed by atoms with van der Waals surface area (Å²) in [4.78, 5) is 0. The lowest BCUT2D eigenvalue weighted by molar-refractivity contribution is 0.620. The Kier molecular flexibility index (Phi) is 3.87. The van der Waals surface area contributed by atoms with E-state index in [2.05, 4.69) is 41.9 Å². The van der Waals surface area contributed by atoms with Crippen LogP contribution in [0.4, 0.5) is 10.1 Å². The molecule has 0 bridgehead atoms. The van der Waals surface area contributed by atoms with E-state index in [1.165, 1.54) is 12.3 Å². The fraction of sp³-hybridized carbons (Fsp3) is 0.0909. The molecule has 1 heterocycles. The first-order valence-corrected chi connectivity index (χ1v) is 5.98. The van der Waals surface area contributed by atoms with Crippen LogP contribution >= 0.6 is 15.9 Å². The van der Waals surface area contributed by atoms with E-state index in [0.29, 0.717) is 15.7 Å². The average Bonchev–Trinajstić information content (AvgIpc) is 2.93. The monoisotopic (exact) mass is 322 g/mol. The highest BCUT2D eigenvalue weighted by molar-refractivity contribution is 9.10. The van der Waals surface area contributed by atoms with Gasteiger partial charge in [-0.1, -0.05) is 0 Å². The van der Waals surface area contributed by atoms with Crippen molar-refractivity contribution in [2.75, 3.05) is 5.32 Å². The van der Waals surface area contributed by atoms with Gasteiger partial charge in [-0.15, -0.1) is 10.2 Å². The molecule has 2 rings (SSSR count). The lowest BCUT2D eigenvalue weighted by atomic mass is 10.2. The molecule has 0 saturated heterocycles. The van der Waals surface area contributed by atoms with Gasteiger partial charge >= 0.3 is 0 Å². The van der Waals surface area contributed by atoms with Crippen LogP contribution in [0.25, 0.3) is 5.57 Å². The van der Waals surface area contributed by atoms with Gasteiger partial charge in [0.05, 0.1) is 4.47 Å². The number of nitrogens with one attached hydrogen (secondary N) is 2. The maximum Gasteiger partial charge on any atom is 0.216 e. The van der Waals surface area contributed by atoms with Gasteiger partial charge in [0.2, 0.25) is 5.82 Å². The lowest BCUT2D eigenvalue weighted by Crippen LogP contribution is -1.96. The van der Waals surface area contributed by atoms with E-state index < -0.39 is 0 Å². The number of hydrogen-bond acceptors (Lipinski definition) is 5. The Morgan fingerprint density at radius 1 is 1.58 bits per heavy atom. The molecule has 0 aliphatic rings. The van der Waals surface area contributed by atoms with Crippen LogP contribution in [0.3, 0.4) is 0 Å². The average molecular weight is 323 g/mol. The molecule has 2 aromatic rings. The van der Waals surface area contributed by atoms with Crippen LogP contribution in [0.2, 0.25) is 0 Å². The van der Waals surface area contributed by atoms with Crippen LogP contribution < -0.4 is 5.32 Å². The first kappa shape index (κ1) is 13.2. The number of nitriles is 1. The van der Waals surface area contributed by atoms with E-state index in [4.69, 9.17) is 5.26 Å². The van der Waals surface area contributed by atoms with Crippen LogP contribution in [0.5, 0.6) is 0 Å². The molecule has 0 aliphatic heterocycles. The van der Waals surface area contributed by atoms with Crippen molar-refractivity contribution in [1.29, 1.82) is 5.26 Å². The highest BCUT2D eigenvalue weighted by Crippen LogP contribution is 2.27. The number of tetrazole rings is 1. The summed E-state index contributed by atoms with van der Waals surface area (Å²) >= 11 is 3.15. The molecule has 0 aliphatic carbocycles. The van der Waals surface area contributed by atoms with E-state index in [-0.39, 0.29) is 17.2 Å². The second kappa shape index (κ2) is 5.58. The van der Waals surface area contributed by atoms with Crippen molar-refractivity contribution in [2.45, 2.75) is 6.92 Å². The van der Waals surface area contributed by atoms with Crippen molar-refractivity contribution in [3.63, 3.8) is 0 Å². The number of H-pyrrole nitrogens is 1. The van der Waals surface area contributed by atoms with Crippen molar-refractivity contribution in [3.05, 3.63) is 40.0 Å². The SMILES string of the molecule is Cc1c(NC=C(C#N)c2nn[nH]n2)ccc(F)c1Br. The van der Waals surface area contributed by atoms with E-state index in [0.717, 1.165) is 0 Å². The van der Waals surface area contributed by atoms with Crippen molar-refractivity contribution >= 4 is 27.2 Å². The molecule has 0 spiro atoms. The van der Waals surface area contributed by atoms with Crippen molar-refractivity contribution in [3.8, 4) is 6.07 Å². The van der Waals surface area contributed by atoms with Crippen molar-refractivity contribution in [1.82, 2.24) is 20.6 Å². The summed E-state index contributed by atoms with van der Waals surface area (Å²) in [6, 6.07) is 4.86. The summed E-state index contributed by atoms with van der Waals surface area (Å²) in [5.41, 5.74) is 1.58. The standard InChI is InChI=1S/C11H8BrFN6/c1-6-9(3-2-8(13)10(6)12)15-5-7(4-14)11-16-18-19-17-11/h2-3,5,15H,1H3,(H,16,17,18,19). The summed E-state index contributed by atoms with van der Waals surface area (Å²) < 4.78 is 13.7. The molecule has 0 unspecified atom stereocenters. The Labute approximate surface area is 116 Å². The van der Waals surface area contributed by atoms with Gasteiger partial charge in [0.15, 0.2) is 0 Å². The molecule has 0 fully saturated rings. The van der Waals surface area contributed by atoms with Crippen LogP contribution in [0.1, 0.15) is 11.4 Å². The molecule has 2 N–H and O–H groups in total. The molecular formula is C11H8BrFN6. The summed E-state index contributed by atoms with van der Waals surface area (Å²) in [6.45, 7) is 1.75. The third-order valence-corrected chi connectivity index (χ3v) is 3.39. The molecule has 8 heteroatoms. The molecule has 1 aromatic carbocycles.